The Labute approximate surface area is 163 Å². The van der Waals surface area contributed by atoms with Crippen LogP contribution in [0.1, 0.15) is 6.42 Å². The molecule has 0 radical (unpaired) electrons. The number of hydrogen-bond acceptors (Lipinski definition) is 7. The van der Waals surface area contributed by atoms with E-state index < -0.39 is 31.0 Å². The van der Waals surface area contributed by atoms with E-state index in [2.05, 4.69) is 19.9 Å². The molecule has 4 heterocycles. The van der Waals surface area contributed by atoms with Gasteiger partial charge in [-0.3, -0.25) is 0 Å². The highest BCUT2D eigenvalue weighted by atomic mass is 19.4. The van der Waals surface area contributed by atoms with E-state index in [1.54, 1.807) is 18.3 Å². The van der Waals surface area contributed by atoms with E-state index in [-0.39, 0.29) is 12.4 Å². The van der Waals surface area contributed by atoms with Crippen molar-refractivity contribution in [2.24, 2.45) is 0 Å². The van der Waals surface area contributed by atoms with Gasteiger partial charge in [0.15, 0.2) is 5.60 Å². The first kappa shape index (κ1) is 19.4. The maximum atomic E-state index is 13.8. The van der Waals surface area contributed by atoms with Crippen LogP contribution in [0, 0.1) is 0 Å². The molecular weight excluding hydrogens is 389 g/mol. The number of alkyl halides is 3. The Hall–Kier alpha value is -2.92. The number of ether oxygens (including phenoxy) is 1. The van der Waals surface area contributed by atoms with Crippen molar-refractivity contribution >= 4 is 22.7 Å². The lowest BCUT2D eigenvalue weighted by Crippen LogP contribution is -2.49. The molecule has 0 bridgehead atoms. The predicted octanol–water partition coefficient (Wildman–Crippen LogP) is 2.12. The number of anilines is 2. The monoisotopic (exact) mass is 408 g/mol. The number of aliphatic hydroxyl groups is 1. The summed E-state index contributed by atoms with van der Waals surface area (Å²) in [6, 6.07) is 2.49. The van der Waals surface area contributed by atoms with Gasteiger partial charge in [-0.2, -0.15) is 13.2 Å². The number of methoxy groups -OCH3 is 1. The van der Waals surface area contributed by atoms with Crippen molar-refractivity contribution in [2.45, 2.75) is 24.2 Å². The molecule has 1 aliphatic rings. The molecule has 29 heavy (non-hydrogen) atoms. The molecule has 4 N–H and O–H groups in total. The summed E-state index contributed by atoms with van der Waals surface area (Å²) in [5.74, 6) is 0.0761. The van der Waals surface area contributed by atoms with Gasteiger partial charge in [-0.1, -0.05) is 0 Å². The molecule has 2 atom stereocenters. The molecule has 0 aliphatic carbocycles. The highest BCUT2D eigenvalue weighted by Crippen LogP contribution is 2.46. The Morgan fingerprint density at radius 2 is 2.10 bits per heavy atom. The molecule has 8 nitrogen and oxygen atoms in total. The summed E-state index contributed by atoms with van der Waals surface area (Å²) >= 11 is 0. The number of hydrogen-bond donors (Lipinski definition) is 3. The van der Waals surface area contributed by atoms with Gasteiger partial charge in [0.1, 0.15) is 5.65 Å². The third-order valence-corrected chi connectivity index (χ3v) is 5.36. The molecule has 1 fully saturated rings. The lowest BCUT2D eigenvalue weighted by atomic mass is 9.99. The molecule has 3 aromatic rings. The van der Waals surface area contributed by atoms with Crippen LogP contribution in [0.15, 0.2) is 30.7 Å². The largest absolute Gasteiger partial charge is 0.419 e. The minimum atomic E-state index is -4.59. The van der Waals surface area contributed by atoms with Gasteiger partial charge in [0, 0.05) is 37.7 Å². The number of rotatable bonds is 4. The average molecular weight is 408 g/mol. The summed E-state index contributed by atoms with van der Waals surface area (Å²) < 4.78 is 46.3. The minimum Gasteiger partial charge on any atom is -0.394 e. The summed E-state index contributed by atoms with van der Waals surface area (Å²) in [5, 5.41) is 10.4. The number of nitrogens with one attached hydrogen (secondary N) is 1. The van der Waals surface area contributed by atoms with Crippen LogP contribution in [0.2, 0.25) is 0 Å². The number of aromatic nitrogens is 4. The number of nitrogens with zero attached hydrogens (tertiary/aromatic N) is 4. The van der Waals surface area contributed by atoms with Gasteiger partial charge in [-0.15, -0.1) is 0 Å². The zero-order valence-electron chi connectivity index (χ0n) is 15.4. The van der Waals surface area contributed by atoms with Gasteiger partial charge < -0.3 is 25.5 Å². The van der Waals surface area contributed by atoms with E-state index in [4.69, 9.17) is 10.5 Å². The number of fused-ring (bicyclic) bond motifs is 1. The van der Waals surface area contributed by atoms with Crippen LogP contribution in [-0.2, 0) is 4.74 Å². The molecular formula is C18H19F3N6O2. The maximum Gasteiger partial charge on any atom is 0.419 e. The van der Waals surface area contributed by atoms with Crippen LogP contribution < -0.4 is 10.6 Å². The fraction of sp³-hybridized carbons (Fsp3) is 0.389. The fourth-order valence-corrected chi connectivity index (χ4v) is 3.88. The molecule has 0 unspecified atom stereocenters. The molecule has 0 amide bonds. The van der Waals surface area contributed by atoms with Crippen molar-refractivity contribution in [3.8, 4) is 11.3 Å². The number of aliphatic hydroxyl groups excluding tert-OH is 1. The van der Waals surface area contributed by atoms with Crippen LogP contribution in [0.3, 0.4) is 0 Å². The van der Waals surface area contributed by atoms with E-state index in [0.717, 1.165) is 7.11 Å². The zero-order chi connectivity index (χ0) is 20.8. The molecule has 11 heteroatoms. The normalized spacial score (nSPS) is 22.5. The van der Waals surface area contributed by atoms with Crippen molar-refractivity contribution < 1.29 is 23.0 Å². The molecule has 1 aliphatic heterocycles. The third-order valence-electron chi connectivity index (χ3n) is 5.36. The Morgan fingerprint density at radius 1 is 1.34 bits per heavy atom. The Morgan fingerprint density at radius 3 is 2.76 bits per heavy atom. The van der Waals surface area contributed by atoms with Crippen molar-refractivity contribution in [3.63, 3.8) is 0 Å². The summed E-state index contributed by atoms with van der Waals surface area (Å²) in [5.41, 5.74) is 5.41. The zero-order valence-corrected chi connectivity index (χ0v) is 15.4. The first-order chi connectivity index (χ1) is 13.8. The van der Waals surface area contributed by atoms with Gasteiger partial charge in [0.2, 0.25) is 5.95 Å². The van der Waals surface area contributed by atoms with Gasteiger partial charge in [-0.25, -0.2) is 15.0 Å². The highest BCUT2D eigenvalue weighted by molar-refractivity contribution is 6.02. The van der Waals surface area contributed by atoms with Crippen molar-refractivity contribution in [1.82, 2.24) is 19.9 Å². The fourth-order valence-electron chi connectivity index (χ4n) is 3.88. The smallest absolute Gasteiger partial charge is 0.394 e. The number of aromatic amines is 1. The summed E-state index contributed by atoms with van der Waals surface area (Å²) in [6.45, 7) is -0.904. The molecule has 154 valence electrons. The lowest BCUT2D eigenvalue weighted by molar-refractivity contribution is -0.261. The van der Waals surface area contributed by atoms with Crippen molar-refractivity contribution in [2.75, 3.05) is 30.9 Å². The summed E-state index contributed by atoms with van der Waals surface area (Å²) in [7, 11) is 1.04. The van der Waals surface area contributed by atoms with Gasteiger partial charge in [0.25, 0.3) is 0 Å². The molecule has 3 aromatic heterocycles. The van der Waals surface area contributed by atoms with Crippen molar-refractivity contribution in [1.29, 1.82) is 0 Å². The van der Waals surface area contributed by atoms with E-state index >= 15 is 0 Å². The average Bonchev–Trinajstić information content (AvgIpc) is 3.30. The Bertz CT molecular complexity index is 1040. The van der Waals surface area contributed by atoms with Crippen LogP contribution in [0.4, 0.5) is 24.8 Å². The molecule has 4 rings (SSSR count). The topological polar surface area (TPSA) is 113 Å². The first-order valence-corrected chi connectivity index (χ1v) is 8.84. The molecule has 0 spiro atoms. The number of pyridine rings is 1. The van der Waals surface area contributed by atoms with E-state index in [9.17, 15) is 18.3 Å². The highest BCUT2D eigenvalue weighted by Gasteiger charge is 2.61. The maximum absolute atomic E-state index is 13.8. The van der Waals surface area contributed by atoms with Crippen LogP contribution in [0.5, 0.6) is 0 Å². The summed E-state index contributed by atoms with van der Waals surface area (Å²) in [6.07, 6.45) is -0.300. The quantitative estimate of drug-likeness (QED) is 0.606. The minimum absolute atomic E-state index is 0.0761. The molecule has 0 aromatic carbocycles. The Kier molecular flexibility index (Phi) is 4.58. The first-order valence-electron chi connectivity index (χ1n) is 8.84. The van der Waals surface area contributed by atoms with Crippen LogP contribution >= 0.6 is 0 Å². The van der Waals surface area contributed by atoms with Crippen molar-refractivity contribution in [3.05, 3.63) is 30.7 Å². The predicted molar refractivity (Wildman–Crippen MR) is 100 cm³/mol. The Balaban J connectivity index is 1.87. The van der Waals surface area contributed by atoms with Gasteiger partial charge >= 0.3 is 6.18 Å². The second-order valence-corrected chi connectivity index (χ2v) is 6.92. The van der Waals surface area contributed by atoms with Gasteiger partial charge in [0.05, 0.1) is 36.0 Å². The number of H-pyrrole nitrogens is 1. The molecule has 1 saturated heterocycles. The van der Waals surface area contributed by atoms with Crippen LogP contribution in [-0.4, -0.2) is 63.1 Å². The number of nitrogens with two attached hydrogens (primary N) is 1. The van der Waals surface area contributed by atoms with E-state index in [1.165, 1.54) is 17.3 Å². The van der Waals surface area contributed by atoms with E-state index in [0.29, 0.717) is 28.0 Å². The van der Waals surface area contributed by atoms with Gasteiger partial charge in [-0.05, 0) is 12.1 Å². The molecule has 0 saturated carbocycles. The van der Waals surface area contributed by atoms with E-state index in [1.807, 2.05) is 0 Å². The lowest BCUT2D eigenvalue weighted by Gasteiger charge is -2.30. The second-order valence-electron chi connectivity index (χ2n) is 6.92. The number of halogens is 3. The van der Waals surface area contributed by atoms with Crippen LogP contribution in [0.25, 0.3) is 22.3 Å². The third kappa shape index (κ3) is 3.06. The standard InChI is InChI=1S/C18H19F3N6O2/c1-29-17(18(19,20)21)6-10(8-28)27(9-17)13-3-5-23-15-14(13)11(7-25-15)12-2-4-24-16(22)26-12/h2-5,7,10,28H,6,8-9H2,1H3,(H,23,25)(H2,22,24,26)/t10-,17-/m0/s1. The number of nitrogen functional groups attached to an aromatic ring is 1. The summed E-state index contributed by atoms with van der Waals surface area (Å²) in [4.78, 5) is 16.9. The second kappa shape index (κ2) is 6.85. The SMILES string of the molecule is CO[C@@]1(C(F)(F)F)C[C@@H](CO)N(c2ccnc3[nH]cc(-c4ccnc(N)n4)c23)C1.